The van der Waals surface area contributed by atoms with Gasteiger partial charge in [0, 0.05) is 22.6 Å². The van der Waals surface area contributed by atoms with Crippen LogP contribution in [0.4, 0.5) is 8.78 Å². The number of thioether (sulfide) groups is 1. The minimum absolute atomic E-state index is 0.0337. The zero-order valence-electron chi connectivity index (χ0n) is 14.2. The van der Waals surface area contributed by atoms with E-state index in [-0.39, 0.29) is 11.3 Å². The molecule has 4 rings (SSSR count). The molecule has 4 aromatic rings. The number of benzene rings is 3. The smallest absolute Gasteiger partial charge is 0.196 e. The third-order valence-corrected chi connectivity index (χ3v) is 5.04. The number of aromatic nitrogens is 3. The zero-order valence-corrected chi connectivity index (χ0v) is 15.0. The highest BCUT2D eigenvalue weighted by molar-refractivity contribution is 7.98. The summed E-state index contributed by atoms with van der Waals surface area (Å²) in [4.78, 5) is 0. The van der Waals surface area contributed by atoms with Gasteiger partial charge >= 0.3 is 0 Å². The van der Waals surface area contributed by atoms with Gasteiger partial charge in [-0.3, -0.25) is 4.57 Å². The first-order chi connectivity index (χ1) is 13.2. The van der Waals surface area contributed by atoms with Crippen LogP contribution in [0.15, 0.2) is 84.0 Å². The first kappa shape index (κ1) is 17.4. The van der Waals surface area contributed by atoms with Crippen LogP contribution in [0.5, 0.6) is 0 Å². The van der Waals surface area contributed by atoms with E-state index < -0.39 is 11.6 Å². The summed E-state index contributed by atoms with van der Waals surface area (Å²) in [5.74, 6) is -0.315. The van der Waals surface area contributed by atoms with E-state index >= 15 is 0 Å². The molecule has 0 saturated heterocycles. The summed E-state index contributed by atoms with van der Waals surface area (Å²) in [5, 5.41) is 9.17. The molecule has 0 bridgehead atoms. The molecule has 134 valence electrons. The summed E-state index contributed by atoms with van der Waals surface area (Å²) < 4.78 is 29.8. The lowest BCUT2D eigenvalue weighted by Crippen LogP contribution is -2.00. The second-order valence-electron chi connectivity index (χ2n) is 5.83. The topological polar surface area (TPSA) is 30.7 Å². The maximum absolute atomic E-state index is 14.0. The highest BCUT2D eigenvalue weighted by Gasteiger charge is 2.17. The molecule has 1 heterocycles. The lowest BCUT2D eigenvalue weighted by molar-refractivity contribution is 0.566. The Labute approximate surface area is 159 Å². The SMILES string of the molecule is Fc1cccc(F)c1CSc1nnc(-c2ccccc2)n1-c1ccccc1. The Morgan fingerprint density at radius 2 is 1.37 bits per heavy atom. The summed E-state index contributed by atoms with van der Waals surface area (Å²) in [6, 6.07) is 23.3. The second-order valence-corrected chi connectivity index (χ2v) is 6.77. The average molecular weight is 379 g/mol. The van der Waals surface area contributed by atoms with Crippen molar-refractivity contribution in [1.29, 1.82) is 0 Å². The fraction of sp³-hybridized carbons (Fsp3) is 0.0476. The van der Waals surface area contributed by atoms with Crippen molar-refractivity contribution in [3.05, 3.63) is 96.1 Å². The lowest BCUT2D eigenvalue weighted by atomic mass is 10.2. The highest BCUT2D eigenvalue weighted by atomic mass is 32.2. The summed E-state index contributed by atoms with van der Waals surface area (Å²) in [6.45, 7) is 0. The van der Waals surface area contributed by atoms with E-state index in [1.54, 1.807) is 0 Å². The summed E-state index contributed by atoms with van der Waals surface area (Å²) >= 11 is 1.25. The molecule has 0 radical (unpaired) electrons. The quantitative estimate of drug-likeness (QED) is 0.429. The second kappa shape index (κ2) is 7.72. The van der Waals surface area contributed by atoms with E-state index in [2.05, 4.69) is 10.2 Å². The molecule has 0 unspecified atom stereocenters. The van der Waals surface area contributed by atoms with Crippen LogP contribution in [0, 0.1) is 11.6 Å². The average Bonchev–Trinajstić information content (AvgIpc) is 3.13. The van der Waals surface area contributed by atoms with Crippen molar-refractivity contribution in [2.45, 2.75) is 10.9 Å². The van der Waals surface area contributed by atoms with Crippen molar-refractivity contribution in [1.82, 2.24) is 14.8 Å². The van der Waals surface area contributed by atoms with Gasteiger partial charge in [-0.1, -0.05) is 66.4 Å². The predicted molar refractivity (Wildman–Crippen MR) is 103 cm³/mol. The molecule has 3 aromatic carbocycles. The van der Waals surface area contributed by atoms with Gasteiger partial charge in [0.05, 0.1) is 0 Å². The summed E-state index contributed by atoms with van der Waals surface area (Å²) in [6.07, 6.45) is 0. The molecular formula is C21H15F2N3S. The molecule has 0 amide bonds. The van der Waals surface area contributed by atoms with Gasteiger partial charge in [-0.2, -0.15) is 0 Å². The molecule has 0 aliphatic heterocycles. The van der Waals surface area contributed by atoms with Crippen molar-refractivity contribution in [2.24, 2.45) is 0 Å². The van der Waals surface area contributed by atoms with Crippen molar-refractivity contribution < 1.29 is 8.78 Å². The van der Waals surface area contributed by atoms with Crippen LogP contribution in [0.25, 0.3) is 17.1 Å². The van der Waals surface area contributed by atoms with E-state index in [0.29, 0.717) is 11.0 Å². The fourth-order valence-corrected chi connectivity index (χ4v) is 3.72. The van der Waals surface area contributed by atoms with Crippen LogP contribution in [0.1, 0.15) is 5.56 Å². The van der Waals surface area contributed by atoms with Crippen LogP contribution >= 0.6 is 11.8 Å². The fourth-order valence-electron chi connectivity index (χ4n) is 2.75. The lowest BCUT2D eigenvalue weighted by Gasteiger charge is -2.10. The first-order valence-corrected chi connectivity index (χ1v) is 9.34. The van der Waals surface area contributed by atoms with Crippen molar-refractivity contribution in [3.63, 3.8) is 0 Å². The van der Waals surface area contributed by atoms with E-state index in [9.17, 15) is 8.78 Å². The van der Waals surface area contributed by atoms with E-state index in [1.165, 1.54) is 30.0 Å². The summed E-state index contributed by atoms with van der Waals surface area (Å²) in [5.41, 5.74) is 1.84. The Bertz CT molecular complexity index is 1030. The molecule has 1 aromatic heterocycles. The first-order valence-electron chi connectivity index (χ1n) is 8.36. The van der Waals surface area contributed by atoms with Gasteiger partial charge in [0.15, 0.2) is 11.0 Å². The Morgan fingerprint density at radius 3 is 2.04 bits per heavy atom. The van der Waals surface area contributed by atoms with Crippen LogP contribution in [0.3, 0.4) is 0 Å². The van der Waals surface area contributed by atoms with Crippen LogP contribution in [0.2, 0.25) is 0 Å². The van der Waals surface area contributed by atoms with Gasteiger partial charge in [-0.15, -0.1) is 10.2 Å². The zero-order chi connectivity index (χ0) is 18.6. The van der Waals surface area contributed by atoms with Crippen LogP contribution in [-0.2, 0) is 5.75 Å². The van der Waals surface area contributed by atoms with Crippen molar-refractivity contribution in [2.75, 3.05) is 0 Å². The number of hydrogen-bond acceptors (Lipinski definition) is 3. The van der Waals surface area contributed by atoms with Gasteiger partial charge in [0.2, 0.25) is 0 Å². The molecule has 0 fully saturated rings. The Morgan fingerprint density at radius 1 is 0.741 bits per heavy atom. The third-order valence-electron chi connectivity index (χ3n) is 4.09. The number of para-hydroxylation sites is 1. The Balaban J connectivity index is 1.74. The largest absolute Gasteiger partial charge is 0.270 e. The van der Waals surface area contributed by atoms with Gasteiger partial charge < -0.3 is 0 Å². The number of hydrogen-bond donors (Lipinski definition) is 0. The van der Waals surface area contributed by atoms with Gasteiger partial charge in [0.1, 0.15) is 11.6 Å². The highest BCUT2D eigenvalue weighted by Crippen LogP contribution is 2.30. The van der Waals surface area contributed by atoms with Crippen LogP contribution < -0.4 is 0 Å². The molecule has 0 aliphatic rings. The molecule has 0 N–H and O–H groups in total. The normalized spacial score (nSPS) is 10.9. The molecule has 0 spiro atoms. The molecule has 6 heteroatoms. The monoisotopic (exact) mass is 379 g/mol. The van der Waals surface area contributed by atoms with Gasteiger partial charge in [0.25, 0.3) is 0 Å². The summed E-state index contributed by atoms with van der Waals surface area (Å²) in [7, 11) is 0. The molecule has 0 saturated carbocycles. The minimum Gasteiger partial charge on any atom is -0.270 e. The third kappa shape index (κ3) is 3.61. The van der Waals surface area contributed by atoms with E-state index in [0.717, 1.165) is 11.3 Å². The molecular weight excluding hydrogens is 364 g/mol. The number of halogens is 2. The Kier molecular flexibility index (Phi) is 4.98. The number of nitrogens with zero attached hydrogens (tertiary/aromatic N) is 3. The standard InChI is InChI=1S/C21H15F2N3S/c22-18-12-7-13-19(23)17(18)14-27-21-25-24-20(15-8-3-1-4-9-15)26(21)16-10-5-2-6-11-16/h1-13H,14H2. The predicted octanol–water partition coefficient (Wildman–Crippen LogP) is 5.50. The van der Waals surface area contributed by atoms with Gasteiger partial charge in [-0.05, 0) is 24.3 Å². The molecule has 3 nitrogen and oxygen atoms in total. The van der Waals surface area contributed by atoms with E-state index in [4.69, 9.17) is 0 Å². The maximum atomic E-state index is 14.0. The molecule has 0 atom stereocenters. The molecule has 27 heavy (non-hydrogen) atoms. The minimum atomic E-state index is -0.559. The van der Waals surface area contributed by atoms with Gasteiger partial charge in [-0.25, -0.2) is 8.78 Å². The van der Waals surface area contributed by atoms with Crippen molar-refractivity contribution in [3.8, 4) is 17.1 Å². The Hall–Kier alpha value is -2.99. The molecule has 0 aliphatic carbocycles. The number of rotatable bonds is 5. The van der Waals surface area contributed by atoms with Crippen LogP contribution in [-0.4, -0.2) is 14.8 Å². The van der Waals surface area contributed by atoms with E-state index in [1.807, 2.05) is 65.2 Å². The van der Waals surface area contributed by atoms with Crippen molar-refractivity contribution >= 4 is 11.8 Å². The maximum Gasteiger partial charge on any atom is 0.196 e.